The number of rotatable bonds is 5. The van der Waals surface area contributed by atoms with Crippen LogP contribution in [-0.4, -0.2) is 35.6 Å². The Bertz CT molecular complexity index is 786. The summed E-state index contributed by atoms with van der Waals surface area (Å²) in [6, 6.07) is 8.06. The maximum Gasteiger partial charge on any atom is 0.407 e. The summed E-state index contributed by atoms with van der Waals surface area (Å²) in [6.07, 6.45) is 1.02. The van der Waals surface area contributed by atoms with Gasteiger partial charge in [-0.05, 0) is 44.4 Å². The molecule has 0 radical (unpaired) electrons. The van der Waals surface area contributed by atoms with E-state index in [-0.39, 0.29) is 23.8 Å². The number of nitrogens with one attached hydrogen (secondary N) is 2. The highest BCUT2D eigenvalue weighted by Gasteiger charge is 2.55. The van der Waals surface area contributed by atoms with E-state index in [2.05, 4.69) is 15.1 Å². The number of hydrogen-bond acceptors (Lipinski definition) is 4. The van der Waals surface area contributed by atoms with Gasteiger partial charge in [-0.15, -0.1) is 0 Å². The summed E-state index contributed by atoms with van der Waals surface area (Å²) >= 11 is 0. The van der Waals surface area contributed by atoms with Crippen molar-refractivity contribution >= 4 is 6.09 Å². The number of amides is 1. The highest BCUT2D eigenvalue weighted by atomic mass is 16.6. The molecule has 7 nitrogen and oxygen atoms in total. The third-order valence-electron chi connectivity index (χ3n) is 4.99. The van der Waals surface area contributed by atoms with Crippen LogP contribution < -0.4 is 10.1 Å². The van der Waals surface area contributed by atoms with Crippen LogP contribution in [0.3, 0.4) is 0 Å². The number of benzene rings is 1. The average molecular weight is 359 g/mol. The van der Waals surface area contributed by atoms with Gasteiger partial charge in [0.25, 0.3) is 0 Å². The number of ether oxygens (including phenoxy) is 3. The van der Waals surface area contributed by atoms with Crippen molar-refractivity contribution < 1.29 is 19.0 Å². The van der Waals surface area contributed by atoms with Gasteiger partial charge in [-0.3, -0.25) is 9.78 Å². The quantitative estimate of drug-likeness (QED) is 0.804. The highest BCUT2D eigenvalue weighted by molar-refractivity contribution is 5.68. The molecule has 2 aliphatic rings. The second-order valence-corrected chi connectivity index (χ2v) is 7.32. The van der Waals surface area contributed by atoms with E-state index < -0.39 is 0 Å². The van der Waals surface area contributed by atoms with Crippen molar-refractivity contribution in [2.75, 3.05) is 13.7 Å². The number of H-pyrrole nitrogens is 1. The van der Waals surface area contributed by atoms with Crippen molar-refractivity contribution in [1.82, 2.24) is 15.1 Å². The summed E-state index contributed by atoms with van der Waals surface area (Å²) < 4.78 is 18.7. The third kappa shape index (κ3) is 3.07. The smallest absolute Gasteiger partial charge is 0.407 e. The van der Waals surface area contributed by atoms with Crippen LogP contribution >= 0.6 is 0 Å². The minimum Gasteiger partial charge on any atom is -0.497 e. The lowest BCUT2D eigenvalue weighted by Crippen LogP contribution is -2.38. The van der Waals surface area contributed by atoms with Gasteiger partial charge in [0.05, 0.1) is 31.6 Å². The van der Waals surface area contributed by atoms with Crippen LogP contribution in [0.25, 0.3) is 0 Å². The van der Waals surface area contributed by atoms with Crippen LogP contribution in [0.2, 0.25) is 0 Å². The molecule has 2 N–H and O–H groups in total. The van der Waals surface area contributed by atoms with Crippen molar-refractivity contribution in [2.24, 2.45) is 0 Å². The topological polar surface area (TPSA) is 80.8 Å². The molecule has 2 aromatic rings. The van der Waals surface area contributed by atoms with Crippen LogP contribution in [0.1, 0.15) is 49.7 Å². The fraction of sp³-hybridized carbons (Fsp3) is 0.526. The van der Waals surface area contributed by atoms with Gasteiger partial charge >= 0.3 is 6.09 Å². The normalized spacial score (nSPS) is 23.8. The average Bonchev–Trinajstić information content (AvgIpc) is 3.34. The van der Waals surface area contributed by atoms with Gasteiger partial charge in [0, 0.05) is 6.04 Å². The van der Waals surface area contributed by atoms with Gasteiger partial charge < -0.3 is 19.5 Å². The van der Waals surface area contributed by atoms with Crippen LogP contribution in [0.15, 0.2) is 24.3 Å². The summed E-state index contributed by atoms with van der Waals surface area (Å²) in [5.74, 6) is 0.842. The summed E-state index contributed by atoms with van der Waals surface area (Å²) in [7, 11) is 1.66. The molecule has 1 aromatic heterocycles. The Labute approximate surface area is 152 Å². The Balaban J connectivity index is 1.51. The van der Waals surface area contributed by atoms with E-state index in [1.54, 1.807) is 7.11 Å². The first-order chi connectivity index (χ1) is 12.5. The number of methoxy groups -OCH3 is 1. The lowest BCUT2D eigenvalue weighted by molar-refractivity contribution is 0.0618. The number of carbonyl (C=O) groups is 1. The Morgan fingerprint density at radius 2 is 2.15 bits per heavy atom. The fourth-order valence-corrected chi connectivity index (χ4v) is 3.61. The Morgan fingerprint density at radius 1 is 1.42 bits per heavy atom. The molecule has 0 unspecified atom stereocenters. The van der Waals surface area contributed by atoms with E-state index in [9.17, 15) is 4.79 Å². The van der Waals surface area contributed by atoms with Gasteiger partial charge in [-0.2, -0.15) is 0 Å². The number of aromatic nitrogens is 2. The molecule has 0 saturated carbocycles. The van der Waals surface area contributed by atoms with Crippen LogP contribution in [0.5, 0.6) is 5.75 Å². The Morgan fingerprint density at radius 3 is 2.77 bits per heavy atom. The van der Waals surface area contributed by atoms with Gasteiger partial charge in [-0.1, -0.05) is 12.1 Å². The van der Waals surface area contributed by atoms with Crippen molar-refractivity contribution in [3.05, 3.63) is 41.2 Å². The Hall–Kier alpha value is -2.41. The van der Waals surface area contributed by atoms with Gasteiger partial charge in [-0.25, -0.2) is 4.79 Å². The molecule has 1 saturated heterocycles. The first kappa shape index (κ1) is 17.0. The number of epoxide rings is 1. The fourth-order valence-electron chi connectivity index (χ4n) is 3.61. The zero-order valence-electron chi connectivity index (χ0n) is 15.4. The van der Waals surface area contributed by atoms with E-state index in [0.29, 0.717) is 0 Å². The van der Waals surface area contributed by atoms with Gasteiger partial charge in [0.15, 0.2) is 0 Å². The molecule has 26 heavy (non-hydrogen) atoms. The molecule has 2 heterocycles. The molecule has 1 spiro atoms. The maximum absolute atomic E-state index is 12.0. The standard InChI is InChI=1S/C19H25N3O4/c1-12(2)20-18(23)26-15-8-9-19(11-25-19)17-16(15)21-22(17)10-13-4-6-14(24-3)7-5-13/h4-7,12,15,21H,8-11H2,1-3H3,(H,20,23)/t15-,19+/m0/s1. The number of alkyl carbamates (subject to hydrolysis) is 1. The van der Waals surface area contributed by atoms with Gasteiger partial charge in [0.2, 0.25) is 0 Å². The Kier molecular flexibility index (Phi) is 4.19. The highest BCUT2D eigenvalue weighted by Crippen LogP contribution is 2.52. The lowest BCUT2D eigenvalue weighted by atomic mass is 9.86. The number of hydrogen-bond donors (Lipinski definition) is 2. The molecule has 2 atom stereocenters. The molecule has 0 bridgehead atoms. The molecule has 1 aliphatic heterocycles. The summed E-state index contributed by atoms with van der Waals surface area (Å²) in [5.41, 5.74) is 3.07. The number of carbonyl (C=O) groups excluding carboxylic acids is 1. The van der Waals surface area contributed by atoms with E-state index >= 15 is 0 Å². The van der Waals surface area contributed by atoms with Crippen molar-refractivity contribution in [3.8, 4) is 5.75 Å². The van der Waals surface area contributed by atoms with Crippen LogP contribution in [0.4, 0.5) is 4.79 Å². The van der Waals surface area contributed by atoms with Crippen molar-refractivity contribution in [1.29, 1.82) is 0 Å². The second kappa shape index (κ2) is 6.39. The van der Waals surface area contributed by atoms with E-state index in [4.69, 9.17) is 14.2 Å². The molecule has 140 valence electrons. The molecule has 1 amide bonds. The number of aromatic amines is 1. The predicted molar refractivity (Wildman–Crippen MR) is 95.2 cm³/mol. The molecule has 1 aliphatic carbocycles. The maximum atomic E-state index is 12.0. The van der Waals surface area contributed by atoms with Crippen molar-refractivity contribution in [2.45, 2.75) is 51.0 Å². The number of fused-ring (bicyclic) bond motifs is 2. The molecule has 1 aromatic carbocycles. The second-order valence-electron chi connectivity index (χ2n) is 7.32. The minimum absolute atomic E-state index is 0.0542. The van der Waals surface area contributed by atoms with Crippen LogP contribution in [-0.2, 0) is 21.6 Å². The first-order valence-electron chi connectivity index (χ1n) is 9.03. The molecule has 1 fully saturated rings. The van der Waals surface area contributed by atoms with Crippen molar-refractivity contribution in [3.63, 3.8) is 0 Å². The van der Waals surface area contributed by atoms with Gasteiger partial charge in [0.1, 0.15) is 17.5 Å². The minimum atomic E-state index is -0.375. The monoisotopic (exact) mass is 359 g/mol. The molecule has 4 rings (SSSR count). The van der Waals surface area contributed by atoms with E-state index in [1.807, 2.05) is 38.1 Å². The SMILES string of the molecule is COc1ccc(Cn2[nH]c3c2[C@@]2(CC[C@@H]3OC(=O)NC(C)C)CO2)cc1. The zero-order chi connectivity index (χ0) is 18.3. The van der Waals surface area contributed by atoms with Crippen LogP contribution in [0, 0.1) is 0 Å². The zero-order valence-corrected chi connectivity index (χ0v) is 15.4. The molecular formula is C19H25N3O4. The summed E-state index contributed by atoms with van der Waals surface area (Å²) in [6.45, 7) is 5.28. The predicted octanol–water partition coefficient (Wildman–Crippen LogP) is 3.07. The van der Waals surface area contributed by atoms with E-state index in [0.717, 1.165) is 43.1 Å². The first-order valence-corrected chi connectivity index (χ1v) is 9.03. The molecular weight excluding hydrogens is 334 g/mol. The van der Waals surface area contributed by atoms with E-state index in [1.165, 1.54) is 5.56 Å². The third-order valence-corrected chi connectivity index (χ3v) is 4.99. The summed E-state index contributed by atoms with van der Waals surface area (Å²) in [4.78, 5) is 12.0. The molecule has 7 heteroatoms. The number of nitrogens with zero attached hydrogens (tertiary/aromatic N) is 1. The largest absolute Gasteiger partial charge is 0.497 e. The lowest BCUT2D eigenvalue weighted by Gasteiger charge is -2.36. The summed E-state index contributed by atoms with van der Waals surface area (Å²) in [5, 5.41) is 6.14.